The monoisotopic (exact) mass is 232 g/mol. The molecule has 0 amide bonds. The molecule has 0 spiro atoms. The zero-order valence-electron chi connectivity index (χ0n) is 8.68. The molecule has 1 aliphatic carbocycles. The van der Waals surface area contributed by atoms with Crippen molar-refractivity contribution in [1.82, 2.24) is 15.1 Å². The van der Waals surface area contributed by atoms with E-state index in [2.05, 4.69) is 15.1 Å². The molecule has 17 heavy (non-hydrogen) atoms. The van der Waals surface area contributed by atoms with Gasteiger partial charge in [0, 0.05) is 17.5 Å². The van der Waals surface area contributed by atoms with Crippen LogP contribution in [0.5, 0.6) is 0 Å². The Kier molecular flexibility index (Phi) is 2.10. The van der Waals surface area contributed by atoms with Crippen LogP contribution in [-0.2, 0) is 0 Å². The van der Waals surface area contributed by atoms with Crippen molar-refractivity contribution in [3.05, 3.63) is 40.4 Å². The van der Waals surface area contributed by atoms with Gasteiger partial charge in [-0.1, -0.05) is 11.2 Å². The molecule has 2 atom stereocenters. The van der Waals surface area contributed by atoms with Gasteiger partial charge in [0.25, 0.3) is 0 Å². The molecule has 2 aromatic heterocycles. The molecule has 2 aromatic rings. The van der Waals surface area contributed by atoms with Crippen LogP contribution in [0.1, 0.15) is 18.2 Å². The maximum absolute atomic E-state index is 10.5. The molecule has 0 unspecified atom stereocenters. The van der Waals surface area contributed by atoms with Gasteiger partial charge < -0.3 is 4.52 Å². The highest BCUT2D eigenvalue weighted by Crippen LogP contribution is 2.42. The first kappa shape index (κ1) is 9.88. The molecule has 1 fully saturated rings. The zero-order valence-corrected chi connectivity index (χ0v) is 8.68. The van der Waals surface area contributed by atoms with Crippen molar-refractivity contribution in [1.29, 1.82) is 0 Å². The van der Waals surface area contributed by atoms with Crippen molar-refractivity contribution >= 4 is 0 Å². The lowest BCUT2D eigenvalue weighted by Crippen LogP contribution is -2.02. The molecule has 0 saturated heterocycles. The van der Waals surface area contributed by atoms with Crippen LogP contribution in [-0.4, -0.2) is 26.1 Å². The Labute approximate surface area is 95.6 Å². The van der Waals surface area contributed by atoms with E-state index in [0.29, 0.717) is 23.8 Å². The van der Waals surface area contributed by atoms with Crippen LogP contribution in [0.2, 0.25) is 0 Å². The van der Waals surface area contributed by atoms with Crippen molar-refractivity contribution in [3.8, 4) is 11.5 Å². The first-order valence-electron chi connectivity index (χ1n) is 5.14. The average Bonchev–Trinajstić information content (AvgIpc) is 3.01. The van der Waals surface area contributed by atoms with Crippen molar-refractivity contribution in [2.45, 2.75) is 18.4 Å². The number of hydrogen-bond donors (Lipinski definition) is 0. The summed E-state index contributed by atoms with van der Waals surface area (Å²) < 4.78 is 5.02. The van der Waals surface area contributed by atoms with Gasteiger partial charge >= 0.3 is 0 Å². The minimum Gasteiger partial charge on any atom is -0.338 e. The van der Waals surface area contributed by atoms with Crippen molar-refractivity contribution in [3.63, 3.8) is 0 Å². The number of aromatic nitrogens is 3. The van der Waals surface area contributed by atoms with Crippen LogP contribution in [0.3, 0.4) is 0 Å². The molecule has 0 aromatic carbocycles. The van der Waals surface area contributed by atoms with Gasteiger partial charge in [0.1, 0.15) is 11.6 Å². The predicted octanol–water partition coefficient (Wildman–Crippen LogP) is 1.26. The lowest BCUT2D eigenvalue weighted by atomic mass is 10.3. The molecule has 7 heteroatoms. The fourth-order valence-electron chi connectivity index (χ4n) is 1.66. The third-order valence-corrected chi connectivity index (χ3v) is 2.68. The first-order chi connectivity index (χ1) is 8.25. The van der Waals surface area contributed by atoms with Crippen molar-refractivity contribution in [2.24, 2.45) is 0 Å². The Morgan fingerprint density at radius 1 is 1.47 bits per heavy atom. The van der Waals surface area contributed by atoms with Gasteiger partial charge in [-0.3, -0.25) is 15.1 Å². The molecular formula is C10H8N4O3. The van der Waals surface area contributed by atoms with Crippen molar-refractivity contribution in [2.75, 3.05) is 0 Å². The van der Waals surface area contributed by atoms with E-state index in [1.165, 1.54) is 0 Å². The number of hydrogen-bond acceptors (Lipinski definition) is 6. The normalized spacial score (nSPS) is 22.4. The standard InChI is InChI=1S/C10H8N4O3/c15-14(16)8-5-6(8)10-12-9(13-17-10)7-3-1-2-4-11-7/h1-4,6,8H,5H2/t6-,8+/m0/s1. The third-order valence-electron chi connectivity index (χ3n) is 2.68. The number of nitro groups is 1. The van der Waals surface area contributed by atoms with Crippen LogP contribution in [0.15, 0.2) is 28.9 Å². The van der Waals surface area contributed by atoms with E-state index in [0.717, 1.165) is 0 Å². The molecule has 2 heterocycles. The van der Waals surface area contributed by atoms with Gasteiger partial charge in [-0.15, -0.1) is 0 Å². The third kappa shape index (κ3) is 1.75. The molecule has 3 rings (SSSR count). The van der Waals surface area contributed by atoms with E-state index in [-0.39, 0.29) is 10.8 Å². The predicted molar refractivity (Wildman–Crippen MR) is 55.7 cm³/mol. The highest BCUT2D eigenvalue weighted by Gasteiger charge is 2.53. The fourth-order valence-corrected chi connectivity index (χ4v) is 1.66. The summed E-state index contributed by atoms with van der Waals surface area (Å²) in [5.74, 6) is 0.455. The molecule has 1 aliphatic rings. The minimum atomic E-state index is -0.577. The summed E-state index contributed by atoms with van der Waals surface area (Å²) in [4.78, 5) is 18.4. The second-order valence-electron chi connectivity index (χ2n) is 3.87. The fraction of sp³-hybridized carbons (Fsp3) is 0.300. The molecule has 0 radical (unpaired) electrons. The molecule has 0 bridgehead atoms. The summed E-state index contributed by atoms with van der Waals surface area (Å²) in [6.45, 7) is 0. The number of rotatable bonds is 3. The summed E-state index contributed by atoms with van der Waals surface area (Å²) in [5.41, 5.74) is 0.598. The van der Waals surface area contributed by atoms with Gasteiger partial charge in [0.2, 0.25) is 17.8 Å². The second kappa shape index (κ2) is 3.62. The highest BCUT2D eigenvalue weighted by atomic mass is 16.6. The largest absolute Gasteiger partial charge is 0.338 e. The average molecular weight is 232 g/mol. The Morgan fingerprint density at radius 3 is 3.00 bits per heavy atom. The van der Waals surface area contributed by atoms with E-state index in [9.17, 15) is 10.1 Å². The van der Waals surface area contributed by atoms with Crippen LogP contribution in [0, 0.1) is 10.1 Å². The van der Waals surface area contributed by atoms with Crippen LogP contribution < -0.4 is 0 Å². The Balaban J connectivity index is 1.83. The SMILES string of the molecule is O=[N+]([O-])[C@@H]1C[C@@H]1c1nc(-c2ccccn2)no1. The van der Waals surface area contributed by atoms with E-state index in [1.54, 1.807) is 18.3 Å². The molecular weight excluding hydrogens is 224 g/mol. The van der Waals surface area contributed by atoms with E-state index < -0.39 is 6.04 Å². The van der Waals surface area contributed by atoms with Gasteiger partial charge in [-0.05, 0) is 12.1 Å². The Hall–Kier alpha value is -2.31. The Bertz CT molecular complexity index is 554. The van der Waals surface area contributed by atoms with Gasteiger partial charge in [-0.25, -0.2) is 0 Å². The number of nitrogens with zero attached hydrogens (tertiary/aromatic N) is 4. The lowest BCUT2D eigenvalue weighted by molar-refractivity contribution is -0.496. The van der Waals surface area contributed by atoms with Crippen LogP contribution in [0.4, 0.5) is 0 Å². The second-order valence-corrected chi connectivity index (χ2v) is 3.87. The Morgan fingerprint density at radius 2 is 2.35 bits per heavy atom. The smallest absolute Gasteiger partial charge is 0.237 e. The van der Waals surface area contributed by atoms with Gasteiger partial charge in [0.05, 0.1) is 0 Å². The number of pyridine rings is 1. The summed E-state index contributed by atoms with van der Waals surface area (Å²) in [6, 6.07) is 4.78. The van der Waals surface area contributed by atoms with Gasteiger partial charge in [0.15, 0.2) is 0 Å². The van der Waals surface area contributed by atoms with Crippen LogP contribution in [0.25, 0.3) is 11.5 Å². The summed E-state index contributed by atoms with van der Waals surface area (Å²) in [5, 5.41) is 14.3. The molecule has 0 N–H and O–H groups in total. The van der Waals surface area contributed by atoms with Crippen molar-refractivity contribution < 1.29 is 9.45 Å². The molecule has 86 valence electrons. The summed E-state index contributed by atoms with van der Waals surface area (Å²) >= 11 is 0. The minimum absolute atomic E-state index is 0.241. The molecule has 1 saturated carbocycles. The highest BCUT2D eigenvalue weighted by molar-refractivity contribution is 5.47. The maximum atomic E-state index is 10.5. The topological polar surface area (TPSA) is 95.0 Å². The van der Waals surface area contributed by atoms with E-state index >= 15 is 0 Å². The van der Waals surface area contributed by atoms with Gasteiger partial charge in [-0.2, -0.15) is 4.98 Å². The summed E-state index contributed by atoms with van der Waals surface area (Å²) in [6.07, 6.45) is 2.10. The lowest BCUT2D eigenvalue weighted by Gasteiger charge is -1.89. The summed E-state index contributed by atoms with van der Waals surface area (Å²) in [7, 11) is 0. The van der Waals surface area contributed by atoms with E-state index in [4.69, 9.17) is 4.52 Å². The van der Waals surface area contributed by atoms with E-state index in [1.807, 2.05) is 6.07 Å². The zero-order chi connectivity index (χ0) is 11.8. The molecule has 7 nitrogen and oxygen atoms in total. The maximum Gasteiger partial charge on any atom is 0.237 e. The van der Waals surface area contributed by atoms with Crippen LogP contribution >= 0.6 is 0 Å². The first-order valence-corrected chi connectivity index (χ1v) is 5.14. The quantitative estimate of drug-likeness (QED) is 0.584. The molecule has 0 aliphatic heterocycles.